The number of hydrogen-bond donors (Lipinski definition) is 0. The molecule has 8 rings (SSSR count). The van der Waals surface area contributed by atoms with E-state index < -0.39 is 0 Å². The summed E-state index contributed by atoms with van der Waals surface area (Å²) in [6.45, 7) is 0. The maximum atomic E-state index is 10.7. The van der Waals surface area contributed by atoms with Crippen LogP contribution in [-0.4, -0.2) is 0 Å². The average molecular weight is 528 g/mol. The minimum atomic E-state index is 0.663. The quantitative estimate of drug-likeness (QED) is 0.229. The molecule has 0 saturated carbocycles. The molecule has 0 aliphatic heterocycles. The lowest BCUT2D eigenvalue weighted by molar-refractivity contribution is 0.669. The molecule has 0 atom stereocenters. The van der Waals surface area contributed by atoms with Crippen molar-refractivity contribution in [3.05, 3.63) is 133 Å². The van der Waals surface area contributed by atoms with Gasteiger partial charge in [0, 0.05) is 42.1 Å². The number of furan rings is 1. The van der Waals surface area contributed by atoms with Gasteiger partial charge in [-0.2, -0.15) is 5.26 Å². The molecule has 0 bridgehead atoms. The molecule has 0 aliphatic carbocycles. The molecule has 40 heavy (non-hydrogen) atoms. The fourth-order valence-electron chi connectivity index (χ4n) is 5.89. The summed E-state index contributed by atoms with van der Waals surface area (Å²) in [5.41, 5.74) is 8.39. The van der Waals surface area contributed by atoms with Gasteiger partial charge in [0.2, 0.25) is 0 Å². The van der Waals surface area contributed by atoms with Crippen molar-refractivity contribution in [1.29, 1.82) is 5.26 Å². The number of fused-ring (bicyclic) bond motifs is 6. The van der Waals surface area contributed by atoms with E-state index in [4.69, 9.17) is 4.42 Å². The smallest absolute Gasteiger partial charge is 0.136 e. The number of para-hydroxylation sites is 1. The van der Waals surface area contributed by atoms with Crippen LogP contribution in [0.2, 0.25) is 0 Å². The van der Waals surface area contributed by atoms with Crippen LogP contribution in [0.25, 0.3) is 75.5 Å². The monoisotopic (exact) mass is 527 g/mol. The third-order valence-corrected chi connectivity index (χ3v) is 8.89. The molecule has 6 aromatic carbocycles. The maximum absolute atomic E-state index is 10.7. The van der Waals surface area contributed by atoms with Gasteiger partial charge in [0.05, 0.1) is 5.56 Å². The molecule has 2 aromatic heterocycles. The molecule has 186 valence electrons. The van der Waals surface area contributed by atoms with E-state index in [2.05, 4.69) is 97.1 Å². The van der Waals surface area contributed by atoms with E-state index in [0.29, 0.717) is 5.56 Å². The molecule has 0 fully saturated rings. The summed E-state index contributed by atoms with van der Waals surface area (Å²) >= 11 is 1.80. The first-order chi connectivity index (χ1) is 19.8. The van der Waals surface area contributed by atoms with Crippen LogP contribution in [0.3, 0.4) is 0 Å². The van der Waals surface area contributed by atoms with Crippen LogP contribution in [0.15, 0.2) is 132 Å². The molecule has 2 nitrogen and oxygen atoms in total. The summed E-state index contributed by atoms with van der Waals surface area (Å²) in [5, 5.41) is 15.2. The average Bonchev–Trinajstić information content (AvgIpc) is 3.59. The van der Waals surface area contributed by atoms with Crippen LogP contribution in [0.5, 0.6) is 0 Å². The van der Waals surface area contributed by atoms with E-state index in [1.54, 1.807) is 11.3 Å². The SMILES string of the molecule is N#Cc1c(-c2ccc3sc4ccccc4c3c2)cc(-c2ccccc2)cc1-c1cccc2oc3ccccc3c12. The van der Waals surface area contributed by atoms with Crippen LogP contribution < -0.4 is 0 Å². The first-order valence-electron chi connectivity index (χ1n) is 13.2. The zero-order valence-electron chi connectivity index (χ0n) is 21.4. The highest BCUT2D eigenvalue weighted by Gasteiger charge is 2.20. The minimum absolute atomic E-state index is 0.663. The van der Waals surface area contributed by atoms with Gasteiger partial charge in [-0.1, -0.05) is 84.9 Å². The Morgan fingerprint density at radius 3 is 2.10 bits per heavy atom. The molecule has 0 N–H and O–H groups in total. The molecular formula is C37H21NOS. The fourth-order valence-corrected chi connectivity index (χ4v) is 6.98. The highest BCUT2D eigenvalue weighted by atomic mass is 32.1. The van der Waals surface area contributed by atoms with Crippen molar-refractivity contribution < 1.29 is 4.42 Å². The maximum Gasteiger partial charge on any atom is 0.136 e. The van der Waals surface area contributed by atoms with Crippen molar-refractivity contribution in [2.45, 2.75) is 0 Å². The molecule has 0 radical (unpaired) electrons. The summed E-state index contributed by atoms with van der Waals surface area (Å²) in [7, 11) is 0. The predicted molar refractivity (Wildman–Crippen MR) is 168 cm³/mol. The molecular weight excluding hydrogens is 506 g/mol. The minimum Gasteiger partial charge on any atom is -0.456 e. The molecule has 0 unspecified atom stereocenters. The zero-order valence-corrected chi connectivity index (χ0v) is 22.2. The van der Waals surface area contributed by atoms with E-state index in [0.717, 1.165) is 55.3 Å². The van der Waals surface area contributed by atoms with Crippen molar-refractivity contribution in [2.75, 3.05) is 0 Å². The second-order valence-corrected chi connectivity index (χ2v) is 11.1. The first kappa shape index (κ1) is 22.8. The fraction of sp³-hybridized carbons (Fsp3) is 0. The van der Waals surface area contributed by atoms with Gasteiger partial charge >= 0.3 is 0 Å². The van der Waals surface area contributed by atoms with Crippen molar-refractivity contribution in [2.24, 2.45) is 0 Å². The number of benzene rings is 6. The van der Waals surface area contributed by atoms with Crippen LogP contribution in [0.4, 0.5) is 0 Å². The Kier molecular flexibility index (Phi) is 5.10. The Labute approximate surface area is 235 Å². The van der Waals surface area contributed by atoms with E-state index in [1.165, 1.54) is 20.2 Å². The van der Waals surface area contributed by atoms with Gasteiger partial charge in [-0.3, -0.25) is 0 Å². The van der Waals surface area contributed by atoms with Crippen LogP contribution in [-0.2, 0) is 0 Å². The molecule has 8 aromatic rings. The van der Waals surface area contributed by atoms with Gasteiger partial charge in [0.1, 0.15) is 17.2 Å². The number of hydrogen-bond acceptors (Lipinski definition) is 3. The number of thiophene rings is 1. The predicted octanol–water partition coefficient (Wildman–Crippen LogP) is 10.8. The van der Waals surface area contributed by atoms with Gasteiger partial charge < -0.3 is 4.42 Å². The largest absolute Gasteiger partial charge is 0.456 e. The summed E-state index contributed by atoms with van der Waals surface area (Å²) in [5.74, 6) is 0. The van der Waals surface area contributed by atoms with Crippen molar-refractivity contribution in [3.8, 4) is 39.4 Å². The molecule has 3 heteroatoms. The van der Waals surface area contributed by atoms with Crippen LogP contribution >= 0.6 is 11.3 Å². The number of nitrogens with zero attached hydrogens (tertiary/aromatic N) is 1. The third kappa shape index (κ3) is 3.48. The Balaban J connectivity index is 1.46. The summed E-state index contributed by atoms with van der Waals surface area (Å²) < 4.78 is 8.73. The Hall–Kier alpha value is -5.17. The van der Waals surface area contributed by atoms with Gasteiger partial charge in [-0.05, 0) is 64.7 Å². The summed E-state index contributed by atoms with van der Waals surface area (Å²) in [6, 6.07) is 46.7. The number of rotatable bonds is 3. The molecule has 0 saturated heterocycles. The standard InChI is InChI=1S/C37H21NOS/c38-22-32-29(24-17-18-36-31(19-24)26-11-5-7-16-35(26)40-36)20-25(23-9-2-1-3-10-23)21-30(32)27-13-8-15-34-37(27)28-12-4-6-14-33(28)39-34/h1-21H. The van der Waals surface area contributed by atoms with Gasteiger partial charge in [-0.15, -0.1) is 11.3 Å². The Morgan fingerprint density at radius 1 is 0.500 bits per heavy atom. The van der Waals surface area contributed by atoms with E-state index in [9.17, 15) is 5.26 Å². The van der Waals surface area contributed by atoms with E-state index >= 15 is 0 Å². The number of nitriles is 1. The van der Waals surface area contributed by atoms with Crippen LogP contribution in [0, 0.1) is 11.3 Å². The highest BCUT2D eigenvalue weighted by Crippen LogP contribution is 2.43. The topological polar surface area (TPSA) is 36.9 Å². The highest BCUT2D eigenvalue weighted by molar-refractivity contribution is 7.25. The summed E-state index contributed by atoms with van der Waals surface area (Å²) in [6.07, 6.45) is 0. The van der Waals surface area contributed by atoms with E-state index in [1.807, 2.05) is 36.4 Å². The van der Waals surface area contributed by atoms with Gasteiger partial charge in [0.25, 0.3) is 0 Å². The zero-order chi connectivity index (χ0) is 26.6. The normalized spacial score (nSPS) is 11.5. The Morgan fingerprint density at radius 2 is 1.23 bits per heavy atom. The van der Waals surface area contributed by atoms with Crippen molar-refractivity contribution in [3.63, 3.8) is 0 Å². The van der Waals surface area contributed by atoms with Crippen molar-refractivity contribution in [1.82, 2.24) is 0 Å². The third-order valence-electron chi connectivity index (χ3n) is 7.74. The second-order valence-electron chi connectivity index (χ2n) is 10.0. The second kappa shape index (κ2) is 8.95. The first-order valence-corrected chi connectivity index (χ1v) is 14.1. The lowest BCUT2D eigenvalue weighted by Gasteiger charge is -2.15. The molecule has 0 amide bonds. The van der Waals surface area contributed by atoms with Gasteiger partial charge in [0.15, 0.2) is 0 Å². The molecule has 0 aliphatic rings. The Bertz CT molecular complexity index is 2280. The van der Waals surface area contributed by atoms with E-state index in [-0.39, 0.29) is 0 Å². The van der Waals surface area contributed by atoms with Crippen LogP contribution in [0.1, 0.15) is 5.56 Å². The molecule has 0 spiro atoms. The lowest BCUT2D eigenvalue weighted by atomic mass is 9.87. The lowest BCUT2D eigenvalue weighted by Crippen LogP contribution is -1.93. The molecule has 2 heterocycles. The van der Waals surface area contributed by atoms with Gasteiger partial charge in [-0.25, -0.2) is 0 Å². The summed E-state index contributed by atoms with van der Waals surface area (Å²) in [4.78, 5) is 0. The van der Waals surface area contributed by atoms with Crippen molar-refractivity contribution >= 4 is 53.4 Å².